The molecule has 0 aromatic rings. The van der Waals surface area contributed by atoms with Gasteiger partial charge >= 0.3 is 0 Å². The molecule has 1 spiro atoms. The van der Waals surface area contributed by atoms with E-state index in [-0.39, 0.29) is 35.2 Å². The fourth-order valence-electron chi connectivity index (χ4n) is 6.02. The van der Waals surface area contributed by atoms with E-state index in [9.17, 15) is 5.11 Å². The minimum absolute atomic E-state index is 0.000741. The smallest absolute Gasteiger partial charge is 0.192 e. The van der Waals surface area contributed by atoms with Gasteiger partial charge in [0.15, 0.2) is 8.32 Å². The van der Waals surface area contributed by atoms with Crippen molar-refractivity contribution in [2.24, 2.45) is 17.3 Å². The summed E-state index contributed by atoms with van der Waals surface area (Å²) in [6.07, 6.45) is 2.86. The first-order valence-corrected chi connectivity index (χ1v) is 13.8. The lowest BCUT2D eigenvalue weighted by molar-refractivity contribution is -0.251. The maximum Gasteiger partial charge on any atom is 0.192 e. The van der Waals surface area contributed by atoms with E-state index in [1.807, 2.05) is 6.08 Å². The van der Waals surface area contributed by atoms with Crippen molar-refractivity contribution < 1.29 is 23.7 Å². The Hall–Kier alpha value is -0.243. The van der Waals surface area contributed by atoms with Crippen LogP contribution in [0.3, 0.4) is 0 Å². The van der Waals surface area contributed by atoms with Crippen molar-refractivity contribution in [2.45, 2.75) is 102 Å². The fraction of sp³-hybridized carbons (Fsp3) is 0.913. The minimum atomic E-state index is -2.12. The van der Waals surface area contributed by atoms with E-state index in [1.54, 1.807) is 14.2 Å². The number of ether oxygens (including phenoxy) is 3. The van der Waals surface area contributed by atoms with Gasteiger partial charge in [-0.1, -0.05) is 46.8 Å². The van der Waals surface area contributed by atoms with Crippen LogP contribution in [0.2, 0.25) is 18.1 Å². The Bertz CT molecular complexity index is 669. The van der Waals surface area contributed by atoms with Gasteiger partial charge in [-0.2, -0.15) is 0 Å². The molecule has 8 atom stereocenters. The molecule has 6 heteroatoms. The zero-order valence-electron chi connectivity index (χ0n) is 20.2. The van der Waals surface area contributed by atoms with E-state index in [0.717, 1.165) is 0 Å². The first-order valence-electron chi connectivity index (χ1n) is 10.9. The molecule has 5 nitrogen and oxygen atoms in total. The van der Waals surface area contributed by atoms with Crippen LogP contribution in [0.5, 0.6) is 0 Å². The highest BCUT2D eigenvalue weighted by Gasteiger charge is 2.78. The van der Waals surface area contributed by atoms with E-state index >= 15 is 0 Å². The molecule has 0 amide bonds. The summed E-state index contributed by atoms with van der Waals surface area (Å²) in [7, 11) is 1.39. The summed E-state index contributed by atoms with van der Waals surface area (Å²) in [5.74, 6) is -0.132. The van der Waals surface area contributed by atoms with Crippen LogP contribution in [0.4, 0.5) is 0 Å². The molecule has 3 aliphatic rings. The van der Waals surface area contributed by atoms with Gasteiger partial charge in [0.2, 0.25) is 0 Å². The Kier molecular flexibility index (Phi) is 5.55. The lowest BCUT2D eigenvalue weighted by Crippen LogP contribution is -2.74. The quantitative estimate of drug-likeness (QED) is 0.540. The number of methoxy groups -OCH3 is 2. The summed E-state index contributed by atoms with van der Waals surface area (Å²) in [5, 5.41) is 11.0. The van der Waals surface area contributed by atoms with Gasteiger partial charge in [0.1, 0.15) is 5.60 Å². The third-order valence-electron chi connectivity index (χ3n) is 8.65. The number of rotatable bonds is 4. The van der Waals surface area contributed by atoms with E-state index in [0.29, 0.717) is 0 Å². The highest BCUT2D eigenvalue weighted by atomic mass is 28.4. The Balaban J connectivity index is 2.26. The summed E-state index contributed by atoms with van der Waals surface area (Å²) in [6.45, 7) is 19.9. The first kappa shape index (κ1) is 23.4. The summed E-state index contributed by atoms with van der Waals surface area (Å²) >= 11 is 0. The van der Waals surface area contributed by atoms with Crippen LogP contribution in [-0.4, -0.2) is 63.3 Å². The summed E-state index contributed by atoms with van der Waals surface area (Å²) in [5.41, 5.74) is -1.65. The van der Waals surface area contributed by atoms with Crippen molar-refractivity contribution in [3.05, 3.63) is 12.2 Å². The van der Waals surface area contributed by atoms with Crippen LogP contribution in [0.25, 0.3) is 0 Å². The highest BCUT2D eigenvalue weighted by molar-refractivity contribution is 6.74. The van der Waals surface area contributed by atoms with Crippen molar-refractivity contribution in [1.29, 1.82) is 0 Å². The molecule has 1 saturated carbocycles. The van der Waals surface area contributed by atoms with Crippen LogP contribution in [0.15, 0.2) is 12.2 Å². The normalized spacial score (nSPS) is 46.6. The third kappa shape index (κ3) is 2.97. The topological polar surface area (TPSA) is 57.2 Å². The number of hydrogen-bond donors (Lipinski definition) is 1. The Morgan fingerprint density at radius 2 is 1.62 bits per heavy atom. The molecule has 29 heavy (non-hydrogen) atoms. The van der Waals surface area contributed by atoms with Crippen LogP contribution in [0, 0.1) is 17.3 Å². The van der Waals surface area contributed by atoms with E-state index in [4.69, 9.17) is 18.6 Å². The molecule has 0 aromatic heterocycles. The standard InChI is InChI=1S/C23H42O5Si/c1-14-15(24)12-13-22(7)19(26-9)17(25-8)16-18(23(14,22)28-21(16,5)6)27-29(10,11)20(2,3)4/h12-19,24H,1-11H3/t14-,15-,16-,17-,18-,19-,22+,23-/m0/s1. The molecular weight excluding hydrogens is 384 g/mol. The van der Waals surface area contributed by atoms with Crippen molar-refractivity contribution in [1.82, 2.24) is 0 Å². The average Bonchev–Trinajstić information content (AvgIpc) is 2.77. The first-order chi connectivity index (χ1) is 13.1. The minimum Gasteiger partial charge on any atom is -0.410 e. The zero-order valence-corrected chi connectivity index (χ0v) is 21.2. The SMILES string of the molecule is CO[C@H]1[C@H]2[C@H](O[Si](C)(C)C(C)(C)C)[C@@]3(OC2(C)C)[C@@H](C)[C@@H](O)C=C[C@]3(C)[C@H]1OC. The molecule has 168 valence electrons. The second kappa shape index (κ2) is 6.88. The number of hydrogen-bond acceptors (Lipinski definition) is 5. The van der Waals surface area contributed by atoms with Gasteiger partial charge in [-0.25, -0.2) is 0 Å². The fourth-order valence-corrected chi connectivity index (χ4v) is 7.33. The molecule has 3 rings (SSSR count). The molecule has 2 fully saturated rings. The largest absolute Gasteiger partial charge is 0.410 e. The summed E-state index contributed by atoms with van der Waals surface area (Å²) in [4.78, 5) is 0. The molecular formula is C23H42O5Si. The predicted molar refractivity (Wildman–Crippen MR) is 117 cm³/mol. The molecule has 2 bridgehead atoms. The summed E-state index contributed by atoms with van der Waals surface area (Å²) < 4.78 is 26.4. The molecule has 0 unspecified atom stereocenters. The van der Waals surface area contributed by atoms with Crippen LogP contribution >= 0.6 is 0 Å². The van der Waals surface area contributed by atoms with Gasteiger partial charge in [0, 0.05) is 31.5 Å². The maximum atomic E-state index is 10.9. The number of aliphatic hydroxyl groups is 1. The van der Waals surface area contributed by atoms with Gasteiger partial charge in [0.25, 0.3) is 0 Å². The van der Waals surface area contributed by atoms with Gasteiger partial charge in [-0.3, -0.25) is 0 Å². The van der Waals surface area contributed by atoms with E-state index in [2.05, 4.69) is 67.6 Å². The number of fused-ring (bicyclic) bond motifs is 1. The lowest BCUT2D eigenvalue weighted by Gasteiger charge is -2.62. The highest BCUT2D eigenvalue weighted by Crippen LogP contribution is 2.66. The van der Waals surface area contributed by atoms with Gasteiger partial charge in [0.05, 0.1) is 30.0 Å². The van der Waals surface area contributed by atoms with E-state index < -0.39 is 31.0 Å². The third-order valence-corrected chi connectivity index (χ3v) is 13.1. The lowest BCUT2D eigenvalue weighted by atomic mass is 9.51. The van der Waals surface area contributed by atoms with Gasteiger partial charge in [-0.15, -0.1) is 0 Å². The van der Waals surface area contributed by atoms with Crippen LogP contribution in [0.1, 0.15) is 48.5 Å². The zero-order chi connectivity index (χ0) is 22.2. The molecule has 1 N–H and O–H groups in total. The van der Waals surface area contributed by atoms with Gasteiger partial charge in [-0.05, 0) is 32.0 Å². The molecule has 2 aliphatic carbocycles. The molecule has 1 aliphatic heterocycles. The van der Waals surface area contributed by atoms with Crippen LogP contribution in [-0.2, 0) is 18.6 Å². The molecule has 1 heterocycles. The summed E-state index contributed by atoms with van der Waals surface area (Å²) in [6, 6.07) is 0. The van der Waals surface area contributed by atoms with Crippen LogP contribution < -0.4 is 0 Å². The Labute approximate surface area is 178 Å². The molecule has 1 saturated heterocycles. The van der Waals surface area contributed by atoms with Crippen molar-refractivity contribution in [3.63, 3.8) is 0 Å². The Morgan fingerprint density at radius 1 is 1.03 bits per heavy atom. The molecule has 0 radical (unpaired) electrons. The van der Waals surface area contributed by atoms with Gasteiger partial charge < -0.3 is 23.7 Å². The van der Waals surface area contributed by atoms with Crippen molar-refractivity contribution in [2.75, 3.05) is 14.2 Å². The molecule has 0 aromatic carbocycles. The predicted octanol–water partition coefficient (Wildman–Crippen LogP) is 4.16. The van der Waals surface area contributed by atoms with E-state index in [1.165, 1.54) is 0 Å². The second-order valence-corrected chi connectivity index (χ2v) is 16.4. The number of aliphatic hydroxyl groups excluding tert-OH is 1. The Morgan fingerprint density at radius 3 is 2.10 bits per heavy atom. The monoisotopic (exact) mass is 426 g/mol. The van der Waals surface area contributed by atoms with Crippen molar-refractivity contribution >= 4 is 8.32 Å². The maximum absolute atomic E-state index is 10.9. The van der Waals surface area contributed by atoms with Crippen molar-refractivity contribution in [3.8, 4) is 0 Å². The second-order valence-electron chi connectivity index (χ2n) is 11.6. The average molecular weight is 427 g/mol.